The summed E-state index contributed by atoms with van der Waals surface area (Å²) in [5.74, 6) is -0.594. The molecule has 2 aromatic carbocycles. The Bertz CT molecular complexity index is 1140. The van der Waals surface area contributed by atoms with Gasteiger partial charge >= 0.3 is 6.03 Å². The number of urea groups is 1. The quantitative estimate of drug-likeness (QED) is 0.546. The fourth-order valence-corrected chi connectivity index (χ4v) is 4.30. The summed E-state index contributed by atoms with van der Waals surface area (Å²) >= 11 is 0. The van der Waals surface area contributed by atoms with E-state index >= 15 is 0 Å². The molecule has 3 N–H and O–H groups in total. The zero-order valence-electron chi connectivity index (χ0n) is 21.8. The molecule has 0 aromatic heterocycles. The molecule has 2 aliphatic rings. The van der Waals surface area contributed by atoms with Gasteiger partial charge in [0.05, 0.1) is 5.56 Å². The zero-order chi connectivity index (χ0) is 26.6. The topological polar surface area (TPSA) is 93.8 Å². The molecular weight excluding hydrogens is 473 g/mol. The van der Waals surface area contributed by atoms with Crippen molar-refractivity contribution in [3.05, 3.63) is 59.4 Å². The molecule has 9 heteroatoms. The van der Waals surface area contributed by atoms with Gasteiger partial charge in [0.15, 0.2) is 0 Å². The van der Waals surface area contributed by atoms with E-state index in [9.17, 15) is 18.8 Å². The highest BCUT2D eigenvalue weighted by Gasteiger charge is 2.30. The van der Waals surface area contributed by atoms with Gasteiger partial charge < -0.3 is 25.8 Å². The van der Waals surface area contributed by atoms with Crippen LogP contribution in [0.15, 0.2) is 42.5 Å². The molecule has 1 saturated heterocycles. The predicted octanol–water partition coefficient (Wildman–Crippen LogP) is 4.12. The van der Waals surface area contributed by atoms with Gasteiger partial charge in [0.25, 0.3) is 5.91 Å². The molecule has 0 unspecified atom stereocenters. The van der Waals surface area contributed by atoms with Gasteiger partial charge in [-0.25, -0.2) is 9.18 Å². The number of halogens is 1. The number of carbonyl (C=O) groups excluding carboxylic acids is 3. The Labute approximate surface area is 217 Å². The summed E-state index contributed by atoms with van der Waals surface area (Å²) in [7, 11) is 0. The van der Waals surface area contributed by atoms with Crippen molar-refractivity contribution in [1.29, 1.82) is 0 Å². The standard InChI is InChI=1S/C28H36FN5O3/c1-28(2,3)32-27(37)34-14-4-13-33(15-16-34)24-12-11-22(31-25(35)20-7-8-20)17-23(24)26(36)30-18-19-5-9-21(29)10-6-19/h5-6,9-12,17,20H,4,7-8,13-16,18H2,1-3H3,(H,30,36)(H,31,35)(H,32,37). The summed E-state index contributed by atoms with van der Waals surface area (Å²) in [5.41, 5.74) is 2.24. The predicted molar refractivity (Wildman–Crippen MR) is 142 cm³/mol. The van der Waals surface area contributed by atoms with E-state index in [1.165, 1.54) is 12.1 Å². The molecule has 37 heavy (non-hydrogen) atoms. The van der Waals surface area contributed by atoms with Gasteiger partial charge in [-0.2, -0.15) is 0 Å². The van der Waals surface area contributed by atoms with Crippen LogP contribution in [0.2, 0.25) is 0 Å². The maximum absolute atomic E-state index is 13.3. The Kier molecular flexibility index (Phi) is 8.00. The van der Waals surface area contributed by atoms with Crippen molar-refractivity contribution >= 4 is 29.2 Å². The number of hydrogen-bond acceptors (Lipinski definition) is 4. The van der Waals surface area contributed by atoms with E-state index in [4.69, 9.17) is 0 Å². The van der Waals surface area contributed by atoms with E-state index in [-0.39, 0.29) is 41.7 Å². The third-order valence-electron chi connectivity index (χ3n) is 6.43. The second-order valence-electron chi connectivity index (χ2n) is 10.8. The third kappa shape index (κ3) is 7.44. The lowest BCUT2D eigenvalue weighted by atomic mass is 10.1. The number of nitrogens with one attached hydrogen (secondary N) is 3. The number of anilines is 2. The molecule has 0 atom stereocenters. The summed E-state index contributed by atoms with van der Waals surface area (Å²) in [6, 6.07) is 11.3. The second-order valence-corrected chi connectivity index (χ2v) is 10.8. The van der Waals surface area contributed by atoms with Crippen molar-refractivity contribution in [1.82, 2.24) is 15.5 Å². The first-order valence-electron chi connectivity index (χ1n) is 12.9. The molecule has 4 amide bonds. The van der Waals surface area contributed by atoms with Crippen molar-refractivity contribution in [3.8, 4) is 0 Å². The molecule has 198 valence electrons. The van der Waals surface area contributed by atoms with Crippen LogP contribution in [-0.2, 0) is 11.3 Å². The van der Waals surface area contributed by atoms with Crippen LogP contribution in [0, 0.1) is 11.7 Å². The van der Waals surface area contributed by atoms with Crippen LogP contribution in [0.1, 0.15) is 56.0 Å². The molecule has 1 saturated carbocycles. The van der Waals surface area contributed by atoms with E-state index in [0.717, 1.165) is 30.5 Å². The minimum atomic E-state index is -0.331. The van der Waals surface area contributed by atoms with Crippen LogP contribution in [0.3, 0.4) is 0 Å². The van der Waals surface area contributed by atoms with Gasteiger partial charge in [0.1, 0.15) is 5.82 Å². The van der Waals surface area contributed by atoms with E-state index in [1.54, 1.807) is 18.2 Å². The maximum Gasteiger partial charge on any atom is 0.317 e. The summed E-state index contributed by atoms with van der Waals surface area (Å²) in [4.78, 5) is 42.3. The first-order valence-corrected chi connectivity index (χ1v) is 12.9. The average Bonchev–Trinajstić information content (AvgIpc) is 3.70. The molecule has 2 aromatic rings. The minimum Gasteiger partial charge on any atom is -0.369 e. The molecule has 0 bridgehead atoms. The van der Waals surface area contributed by atoms with Crippen LogP contribution in [-0.4, -0.2) is 54.5 Å². The van der Waals surface area contributed by atoms with E-state index in [1.807, 2.05) is 37.8 Å². The number of benzene rings is 2. The molecule has 4 rings (SSSR count). The molecule has 2 fully saturated rings. The highest BCUT2D eigenvalue weighted by atomic mass is 19.1. The normalized spacial score (nSPS) is 16.1. The Morgan fingerprint density at radius 2 is 1.70 bits per heavy atom. The smallest absolute Gasteiger partial charge is 0.317 e. The third-order valence-corrected chi connectivity index (χ3v) is 6.43. The van der Waals surface area contributed by atoms with E-state index in [0.29, 0.717) is 37.4 Å². The SMILES string of the molecule is CC(C)(C)NC(=O)N1CCCN(c2ccc(NC(=O)C3CC3)cc2C(=O)NCc2ccc(F)cc2)CC1. The summed E-state index contributed by atoms with van der Waals surface area (Å²) in [6.45, 7) is 8.52. The van der Waals surface area contributed by atoms with Gasteiger partial charge in [-0.1, -0.05) is 12.1 Å². The highest BCUT2D eigenvalue weighted by molar-refractivity contribution is 6.02. The molecule has 1 heterocycles. The average molecular weight is 510 g/mol. The Hall–Kier alpha value is -3.62. The molecule has 0 spiro atoms. The number of carbonyl (C=O) groups is 3. The van der Waals surface area contributed by atoms with Crippen molar-refractivity contribution in [3.63, 3.8) is 0 Å². The largest absolute Gasteiger partial charge is 0.369 e. The van der Waals surface area contributed by atoms with Crippen LogP contribution in [0.5, 0.6) is 0 Å². The molecule has 1 aliphatic carbocycles. The first-order chi connectivity index (χ1) is 17.6. The summed E-state index contributed by atoms with van der Waals surface area (Å²) in [5, 5.41) is 8.87. The first kappa shape index (κ1) is 26.4. The van der Waals surface area contributed by atoms with Crippen LogP contribution < -0.4 is 20.9 Å². The van der Waals surface area contributed by atoms with Crippen LogP contribution in [0.25, 0.3) is 0 Å². The lowest BCUT2D eigenvalue weighted by molar-refractivity contribution is -0.117. The fraction of sp³-hybridized carbons (Fsp3) is 0.464. The lowest BCUT2D eigenvalue weighted by Gasteiger charge is -2.28. The number of nitrogens with zero attached hydrogens (tertiary/aromatic N) is 2. The summed E-state index contributed by atoms with van der Waals surface area (Å²) in [6.07, 6.45) is 2.54. The second kappa shape index (κ2) is 11.2. The Morgan fingerprint density at radius 3 is 2.38 bits per heavy atom. The highest BCUT2D eigenvalue weighted by Crippen LogP contribution is 2.31. The van der Waals surface area contributed by atoms with Crippen molar-refractivity contribution in [2.24, 2.45) is 5.92 Å². The number of hydrogen-bond donors (Lipinski definition) is 3. The number of rotatable bonds is 6. The Morgan fingerprint density at radius 1 is 0.973 bits per heavy atom. The van der Waals surface area contributed by atoms with Gasteiger partial charge in [-0.3, -0.25) is 9.59 Å². The lowest BCUT2D eigenvalue weighted by Crippen LogP contribution is -2.49. The van der Waals surface area contributed by atoms with E-state index < -0.39 is 0 Å². The fourth-order valence-electron chi connectivity index (χ4n) is 4.30. The van der Waals surface area contributed by atoms with Crippen LogP contribution in [0.4, 0.5) is 20.6 Å². The van der Waals surface area contributed by atoms with Crippen molar-refractivity contribution < 1.29 is 18.8 Å². The number of amides is 4. The van der Waals surface area contributed by atoms with Crippen molar-refractivity contribution in [2.75, 3.05) is 36.4 Å². The summed E-state index contributed by atoms with van der Waals surface area (Å²) < 4.78 is 13.3. The monoisotopic (exact) mass is 509 g/mol. The molecule has 1 aliphatic heterocycles. The van der Waals surface area contributed by atoms with Crippen LogP contribution >= 0.6 is 0 Å². The Balaban J connectivity index is 1.51. The molecular formula is C28H36FN5O3. The van der Waals surface area contributed by atoms with Gasteiger partial charge in [0, 0.05) is 55.6 Å². The molecule has 8 nitrogen and oxygen atoms in total. The van der Waals surface area contributed by atoms with Gasteiger partial charge in [-0.05, 0) is 75.9 Å². The van der Waals surface area contributed by atoms with Crippen molar-refractivity contribution in [2.45, 2.75) is 52.1 Å². The van der Waals surface area contributed by atoms with Gasteiger partial charge in [-0.15, -0.1) is 0 Å². The zero-order valence-corrected chi connectivity index (χ0v) is 21.8. The minimum absolute atomic E-state index is 0.0271. The van der Waals surface area contributed by atoms with E-state index in [2.05, 4.69) is 20.9 Å². The molecule has 0 radical (unpaired) electrons. The van der Waals surface area contributed by atoms with Gasteiger partial charge in [0.2, 0.25) is 5.91 Å². The maximum atomic E-state index is 13.3.